The Morgan fingerprint density at radius 1 is 0.893 bits per heavy atom. The van der Waals surface area contributed by atoms with E-state index in [9.17, 15) is 0 Å². The van der Waals surface area contributed by atoms with Crippen LogP contribution < -0.4 is 33.3 Å². The smallest absolute Gasteiger partial charge is 0.254 e. The Balaban J connectivity index is 0.00000392. The number of aromatic nitrogens is 3. The molecule has 2 heterocycles. The van der Waals surface area contributed by atoms with Crippen molar-refractivity contribution < 1.29 is 52.2 Å². The lowest BCUT2D eigenvalue weighted by molar-refractivity contribution is -0.671. The van der Waals surface area contributed by atoms with Crippen LogP contribution in [0.5, 0.6) is 5.88 Å². The van der Waals surface area contributed by atoms with Crippen molar-refractivity contribution in [1.29, 1.82) is 0 Å². The fourth-order valence-corrected chi connectivity index (χ4v) is 2.70. The molecule has 0 radical (unpaired) electrons. The molecule has 0 fully saturated rings. The molecule has 0 amide bonds. The van der Waals surface area contributed by atoms with Gasteiger partial charge in [-0.05, 0) is 13.0 Å². The fraction of sp³-hybridized carbons (Fsp3) is 0.611. The maximum Gasteiger partial charge on any atom is 0.254 e. The summed E-state index contributed by atoms with van der Waals surface area (Å²) in [5.74, 6) is 0.537. The summed E-state index contributed by atoms with van der Waals surface area (Å²) in [5, 5.41) is 0. The van der Waals surface area contributed by atoms with Crippen LogP contribution in [0, 0.1) is 0 Å². The predicted octanol–water partition coefficient (Wildman–Crippen LogP) is -1.50. The molecule has 0 saturated heterocycles. The van der Waals surface area contributed by atoms with Gasteiger partial charge in [-0.25, -0.2) is 4.57 Å². The normalized spacial score (nSPS) is 10.6. The third-order valence-corrected chi connectivity index (χ3v) is 3.97. The Morgan fingerprint density at radius 3 is 2.11 bits per heavy atom. The van der Waals surface area contributed by atoms with Gasteiger partial charge in [-0.2, -0.15) is 4.37 Å². The molecule has 0 saturated carbocycles. The number of ether oxygens (including phenoxy) is 5. The topological polar surface area (TPSA) is 75.8 Å². The molecule has 2 aromatic heterocycles. The van der Waals surface area contributed by atoms with Gasteiger partial charge >= 0.3 is 0 Å². The van der Waals surface area contributed by atoms with Crippen LogP contribution in [0.2, 0.25) is 0 Å². The zero-order valence-electron chi connectivity index (χ0n) is 16.3. The van der Waals surface area contributed by atoms with Gasteiger partial charge in [0, 0.05) is 12.7 Å². The van der Waals surface area contributed by atoms with Crippen molar-refractivity contribution in [1.82, 2.24) is 8.75 Å². The second kappa shape index (κ2) is 15.9. The van der Waals surface area contributed by atoms with E-state index in [0.29, 0.717) is 65.3 Å². The SMILES string of the molecule is CCOCCOCCOCCOCCOc1nsnc1-c1ccc[n+](C)c1.[I-]. The Morgan fingerprint density at radius 2 is 1.50 bits per heavy atom. The van der Waals surface area contributed by atoms with E-state index in [4.69, 9.17) is 23.7 Å². The van der Waals surface area contributed by atoms with E-state index < -0.39 is 0 Å². The molecule has 28 heavy (non-hydrogen) atoms. The van der Waals surface area contributed by atoms with E-state index in [2.05, 4.69) is 8.75 Å². The van der Waals surface area contributed by atoms with Crippen molar-refractivity contribution in [3.8, 4) is 17.1 Å². The highest BCUT2D eigenvalue weighted by atomic mass is 127. The highest BCUT2D eigenvalue weighted by molar-refractivity contribution is 6.99. The van der Waals surface area contributed by atoms with Crippen LogP contribution in [-0.2, 0) is 26.0 Å². The number of rotatable bonds is 15. The molecule has 0 N–H and O–H groups in total. The van der Waals surface area contributed by atoms with Crippen LogP contribution in [-0.4, -0.2) is 68.2 Å². The van der Waals surface area contributed by atoms with E-state index in [0.717, 1.165) is 23.0 Å². The summed E-state index contributed by atoms with van der Waals surface area (Å²) in [6.45, 7) is 6.93. The predicted molar refractivity (Wildman–Crippen MR) is 101 cm³/mol. The minimum absolute atomic E-state index is 0. The molecule has 2 aromatic rings. The van der Waals surface area contributed by atoms with Gasteiger partial charge in [0.05, 0.1) is 63.5 Å². The third-order valence-electron chi connectivity index (χ3n) is 3.46. The van der Waals surface area contributed by atoms with Crippen molar-refractivity contribution in [2.24, 2.45) is 7.05 Å². The summed E-state index contributed by atoms with van der Waals surface area (Å²) in [7, 11) is 1.97. The first-order chi connectivity index (χ1) is 13.3. The summed E-state index contributed by atoms with van der Waals surface area (Å²) in [6.07, 6.45) is 3.95. The summed E-state index contributed by atoms with van der Waals surface area (Å²) in [5.41, 5.74) is 1.73. The highest BCUT2D eigenvalue weighted by Gasteiger charge is 2.14. The van der Waals surface area contributed by atoms with E-state index in [-0.39, 0.29) is 24.0 Å². The van der Waals surface area contributed by atoms with Crippen molar-refractivity contribution in [2.45, 2.75) is 6.92 Å². The van der Waals surface area contributed by atoms with Crippen LogP contribution in [0.1, 0.15) is 6.92 Å². The van der Waals surface area contributed by atoms with Crippen LogP contribution in [0.15, 0.2) is 24.5 Å². The second-order valence-electron chi connectivity index (χ2n) is 5.56. The average Bonchev–Trinajstić information content (AvgIpc) is 3.14. The highest BCUT2D eigenvalue weighted by Crippen LogP contribution is 2.26. The van der Waals surface area contributed by atoms with Gasteiger partial charge in [-0.15, -0.1) is 4.37 Å². The number of nitrogens with zero attached hydrogens (tertiary/aromatic N) is 3. The summed E-state index contributed by atoms with van der Waals surface area (Å²) >= 11 is 1.14. The van der Waals surface area contributed by atoms with Crippen molar-refractivity contribution in [3.63, 3.8) is 0 Å². The Bertz CT molecular complexity index is 647. The standard InChI is InChI=1S/C18H28N3O5S.HI/c1-3-22-7-8-23-9-10-24-11-12-25-13-14-26-18-17(19-27-20-18)16-5-4-6-21(2)15-16;/h4-6,15H,3,7-14H2,1-2H3;1H/q+1;/p-1. The Kier molecular flexibility index (Phi) is 14.3. The van der Waals surface area contributed by atoms with Crippen LogP contribution in [0.3, 0.4) is 0 Å². The van der Waals surface area contributed by atoms with Crippen LogP contribution in [0.4, 0.5) is 0 Å². The van der Waals surface area contributed by atoms with Gasteiger partial charge in [0.2, 0.25) is 0 Å². The van der Waals surface area contributed by atoms with E-state index in [1.807, 2.05) is 43.1 Å². The zero-order valence-corrected chi connectivity index (χ0v) is 19.3. The number of hydrogen-bond donors (Lipinski definition) is 0. The molecule has 2 rings (SSSR count). The van der Waals surface area contributed by atoms with Gasteiger partial charge in [-0.1, -0.05) is 0 Å². The molecule has 0 aromatic carbocycles. The number of pyridine rings is 1. The summed E-state index contributed by atoms with van der Waals surface area (Å²) in [6, 6.07) is 3.95. The number of halogens is 1. The summed E-state index contributed by atoms with van der Waals surface area (Å²) in [4.78, 5) is 0. The van der Waals surface area contributed by atoms with Crippen molar-refractivity contribution in [2.75, 3.05) is 59.5 Å². The molecule has 8 nitrogen and oxygen atoms in total. The molecule has 0 aliphatic rings. The molecular weight excluding hydrogens is 497 g/mol. The Labute approximate surface area is 187 Å². The molecule has 0 aliphatic heterocycles. The molecule has 0 atom stereocenters. The number of aryl methyl sites for hydroxylation is 1. The maximum absolute atomic E-state index is 5.69. The number of hydrogen-bond acceptors (Lipinski definition) is 8. The first-order valence-electron chi connectivity index (χ1n) is 9.03. The van der Waals surface area contributed by atoms with Gasteiger partial charge in [0.25, 0.3) is 5.88 Å². The molecular formula is C18H28IN3O5S. The van der Waals surface area contributed by atoms with E-state index in [1.165, 1.54) is 0 Å². The first-order valence-corrected chi connectivity index (χ1v) is 9.76. The van der Waals surface area contributed by atoms with Gasteiger partial charge in [0.1, 0.15) is 13.7 Å². The van der Waals surface area contributed by atoms with Crippen LogP contribution in [0.25, 0.3) is 11.3 Å². The van der Waals surface area contributed by atoms with Gasteiger partial charge < -0.3 is 47.7 Å². The minimum Gasteiger partial charge on any atom is -1.00 e. The van der Waals surface area contributed by atoms with Crippen LogP contribution >= 0.6 is 11.7 Å². The quantitative estimate of drug-likeness (QED) is 0.159. The largest absolute Gasteiger partial charge is 1.00 e. The monoisotopic (exact) mass is 525 g/mol. The van der Waals surface area contributed by atoms with Gasteiger partial charge in [-0.3, -0.25) is 0 Å². The van der Waals surface area contributed by atoms with E-state index in [1.54, 1.807) is 0 Å². The molecule has 0 bridgehead atoms. The average molecular weight is 525 g/mol. The molecule has 0 spiro atoms. The third kappa shape index (κ3) is 10.0. The summed E-state index contributed by atoms with van der Waals surface area (Å²) < 4.78 is 37.6. The molecule has 158 valence electrons. The lowest BCUT2D eigenvalue weighted by Gasteiger charge is -2.07. The van der Waals surface area contributed by atoms with E-state index >= 15 is 0 Å². The zero-order chi connectivity index (χ0) is 19.2. The maximum atomic E-state index is 5.69. The van der Waals surface area contributed by atoms with Crippen molar-refractivity contribution >= 4 is 11.7 Å². The lowest BCUT2D eigenvalue weighted by Crippen LogP contribution is -3.00. The van der Waals surface area contributed by atoms with Crippen molar-refractivity contribution in [3.05, 3.63) is 24.5 Å². The van der Waals surface area contributed by atoms with Gasteiger partial charge in [0.15, 0.2) is 18.1 Å². The molecule has 0 aliphatic carbocycles. The Hall–Kier alpha value is -0.920. The molecule has 0 unspecified atom stereocenters. The first kappa shape index (κ1) is 25.1. The lowest BCUT2D eigenvalue weighted by atomic mass is 10.2. The minimum atomic E-state index is 0. The molecule has 10 heteroatoms. The fourth-order valence-electron chi connectivity index (χ4n) is 2.18. The second-order valence-corrected chi connectivity index (χ2v) is 6.09.